The summed E-state index contributed by atoms with van der Waals surface area (Å²) < 4.78 is 53.0. The van der Waals surface area contributed by atoms with Gasteiger partial charge in [0.25, 0.3) is 0 Å². The van der Waals surface area contributed by atoms with Crippen LogP contribution in [0, 0.1) is 20.8 Å². The van der Waals surface area contributed by atoms with Crippen molar-refractivity contribution >= 4 is 25.7 Å². The Labute approximate surface area is 140 Å². The number of rotatable bonds is 4. The van der Waals surface area contributed by atoms with Gasteiger partial charge in [0.05, 0.1) is 16.8 Å². The number of benzene rings is 1. The van der Waals surface area contributed by atoms with Crippen molar-refractivity contribution in [2.24, 2.45) is 0 Å². The molecule has 0 spiro atoms. The highest BCUT2D eigenvalue weighted by Gasteiger charge is 2.29. The second-order valence-electron chi connectivity index (χ2n) is 6.90. The van der Waals surface area contributed by atoms with Gasteiger partial charge >= 0.3 is 0 Å². The molecule has 1 aromatic rings. The van der Waals surface area contributed by atoms with Gasteiger partial charge in [-0.05, 0) is 58.2 Å². The summed E-state index contributed by atoms with van der Waals surface area (Å²) >= 11 is 0. The number of sulfonamides is 2. The number of nitrogens with zero attached hydrogens (tertiary/aromatic N) is 1. The first kappa shape index (κ1) is 19.9. The lowest BCUT2D eigenvalue weighted by molar-refractivity contribution is 0.491. The lowest BCUT2D eigenvalue weighted by Gasteiger charge is -2.26. The lowest BCUT2D eigenvalue weighted by Crippen LogP contribution is -2.41. The van der Waals surface area contributed by atoms with Crippen LogP contribution in [0.2, 0.25) is 0 Å². The molecule has 1 N–H and O–H groups in total. The van der Waals surface area contributed by atoms with Crippen LogP contribution in [-0.4, -0.2) is 35.7 Å². The molecule has 23 heavy (non-hydrogen) atoms. The molecule has 0 heterocycles. The second-order valence-corrected chi connectivity index (χ2v) is 10.5. The standard InChI is InChI=1S/C15H26N2O4S2/c1-10-9-11(2)14(23(20,21)16-15(4,5)6)12(3)13(10)17(7)22(8,18)19/h9,16H,1-8H3. The lowest BCUT2D eigenvalue weighted by atomic mass is 10.1. The number of aryl methyl sites for hydroxylation is 2. The third-order valence-electron chi connectivity index (χ3n) is 3.38. The third-order valence-corrected chi connectivity index (χ3v) is 6.61. The predicted octanol–water partition coefficient (Wildman–Crippen LogP) is 2.08. The Hall–Kier alpha value is -1.12. The number of hydrogen-bond donors (Lipinski definition) is 1. The van der Waals surface area contributed by atoms with E-state index in [2.05, 4.69) is 4.72 Å². The van der Waals surface area contributed by atoms with Crippen molar-refractivity contribution in [3.05, 3.63) is 22.8 Å². The van der Waals surface area contributed by atoms with Crippen molar-refractivity contribution in [1.82, 2.24) is 4.72 Å². The van der Waals surface area contributed by atoms with Gasteiger partial charge in [0, 0.05) is 12.6 Å². The van der Waals surface area contributed by atoms with Crippen LogP contribution in [0.25, 0.3) is 0 Å². The molecule has 0 radical (unpaired) electrons. The van der Waals surface area contributed by atoms with Crippen LogP contribution in [0.3, 0.4) is 0 Å². The molecule has 0 aliphatic carbocycles. The van der Waals surface area contributed by atoms with Crippen molar-refractivity contribution in [3.63, 3.8) is 0 Å². The summed E-state index contributed by atoms with van der Waals surface area (Å²) in [6.07, 6.45) is 1.09. The quantitative estimate of drug-likeness (QED) is 0.889. The molecule has 0 aliphatic heterocycles. The van der Waals surface area contributed by atoms with E-state index in [0.717, 1.165) is 10.6 Å². The zero-order valence-corrected chi connectivity index (χ0v) is 16.6. The molecule has 132 valence electrons. The molecule has 0 aliphatic rings. The summed E-state index contributed by atoms with van der Waals surface area (Å²) in [6.45, 7) is 10.4. The van der Waals surface area contributed by atoms with E-state index in [9.17, 15) is 16.8 Å². The van der Waals surface area contributed by atoms with E-state index in [1.165, 1.54) is 7.05 Å². The molecule has 1 rings (SSSR count). The highest BCUT2D eigenvalue weighted by Crippen LogP contribution is 2.33. The molecule has 0 fully saturated rings. The Balaban J connectivity index is 3.72. The van der Waals surface area contributed by atoms with Gasteiger partial charge in [-0.2, -0.15) is 0 Å². The first-order chi connectivity index (χ1) is 10.1. The fourth-order valence-electron chi connectivity index (χ4n) is 2.68. The smallest absolute Gasteiger partial charge is 0.241 e. The third kappa shape index (κ3) is 4.45. The monoisotopic (exact) mass is 362 g/mol. The van der Waals surface area contributed by atoms with Crippen molar-refractivity contribution < 1.29 is 16.8 Å². The zero-order chi connectivity index (χ0) is 18.4. The molecule has 0 bridgehead atoms. The van der Waals surface area contributed by atoms with Crippen molar-refractivity contribution in [2.45, 2.75) is 52.0 Å². The normalized spacial score (nSPS) is 13.2. The Morgan fingerprint density at radius 2 is 1.48 bits per heavy atom. The van der Waals surface area contributed by atoms with Crippen LogP contribution >= 0.6 is 0 Å². The van der Waals surface area contributed by atoms with Gasteiger partial charge in [-0.3, -0.25) is 4.31 Å². The fourth-order valence-corrected chi connectivity index (χ4v) is 5.18. The number of hydrogen-bond acceptors (Lipinski definition) is 4. The van der Waals surface area contributed by atoms with Gasteiger partial charge in [-0.25, -0.2) is 21.6 Å². The second kappa shape index (κ2) is 6.07. The molecule has 0 aromatic heterocycles. The summed E-state index contributed by atoms with van der Waals surface area (Å²) in [5, 5.41) is 0. The minimum Gasteiger partial charge on any atom is -0.273 e. The first-order valence-corrected chi connectivity index (χ1v) is 10.5. The topological polar surface area (TPSA) is 83.6 Å². The summed E-state index contributed by atoms with van der Waals surface area (Å²) in [5.41, 5.74) is 1.48. The molecule has 1 aromatic carbocycles. The average Bonchev–Trinajstić information content (AvgIpc) is 2.21. The summed E-state index contributed by atoms with van der Waals surface area (Å²) in [6, 6.07) is 1.70. The SMILES string of the molecule is Cc1cc(C)c(S(=O)(=O)NC(C)(C)C)c(C)c1N(C)S(C)(=O)=O. The van der Waals surface area contributed by atoms with Gasteiger partial charge in [0.15, 0.2) is 0 Å². The van der Waals surface area contributed by atoms with Crippen LogP contribution < -0.4 is 9.03 Å². The Bertz CT molecular complexity index is 820. The van der Waals surface area contributed by atoms with E-state index in [0.29, 0.717) is 22.4 Å². The van der Waals surface area contributed by atoms with E-state index in [1.807, 2.05) is 0 Å². The molecule has 0 amide bonds. The fraction of sp³-hybridized carbons (Fsp3) is 0.600. The van der Waals surface area contributed by atoms with Crippen molar-refractivity contribution in [2.75, 3.05) is 17.6 Å². The summed E-state index contributed by atoms with van der Waals surface area (Å²) in [7, 11) is -5.84. The van der Waals surface area contributed by atoms with E-state index < -0.39 is 25.6 Å². The van der Waals surface area contributed by atoms with Gasteiger partial charge in [-0.1, -0.05) is 6.07 Å². The maximum atomic E-state index is 12.7. The molecule has 8 heteroatoms. The van der Waals surface area contributed by atoms with Crippen LogP contribution in [0.15, 0.2) is 11.0 Å². The minimum absolute atomic E-state index is 0.128. The largest absolute Gasteiger partial charge is 0.273 e. The Morgan fingerprint density at radius 3 is 1.87 bits per heavy atom. The maximum absolute atomic E-state index is 12.7. The first-order valence-electron chi connectivity index (χ1n) is 7.16. The molecule has 0 unspecified atom stereocenters. The van der Waals surface area contributed by atoms with E-state index in [-0.39, 0.29) is 4.90 Å². The zero-order valence-electron chi connectivity index (χ0n) is 15.0. The predicted molar refractivity (Wildman–Crippen MR) is 94.0 cm³/mol. The number of nitrogens with one attached hydrogen (secondary N) is 1. The minimum atomic E-state index is -3.77. The van der Waals surface area contributed by atoms with Crippen molar-refractivity contribution in [1.29, 1.82) is 0 Å². The van der Waals surface area contributed by atoms with E-state index in [1.54, 1.807) is 47.6 Å². The van der Waals surface area contributed by atoms with E-state index in [4.69, 9.17) is 0 Å². The molecule has 0 saturated heterocycles. The maximum Gasteiger partial charge on any atom is 0.241 e. The Kier molecular flexibility index (Phi) is 5.26. The molecule has 0 atom stereocenters. The molecular weight excluding hydrogens is 336 g/mol. The van der Waals surface area contributed by atoms with Crippen LogP contribution in [0.4, 0.5) is 5.69 Å². The highest BCUT2D eigenvalue weighted by molar-refractivity contribution is 7.92. The average molecular weight is 363 g/mol. The van der Waals surface area contributed by atoms with Gasteiger partial charge in [0.1, 0.15) is 0 Å². The van der Waals surface area contributed by atoms with E-state index >= 15 is 0 Å². The summed E-state index contributed by atoms with van der Waals surface area (Å²) in [5.74, 6) is 0. The molecular formula is C15H26N2O4S2. The highest BCUT2D eigenvalue weighted by atomic mass is 32.2. The van der Waals surface area contributed by atoms with Gasteiger partial charge in [0.2, 0.25) is 20.0 Å². The van der Waals surface area contributed by atoms with Crippen LogP contribution in [0.1, 0.15) is 37.5 Å². The van der Waals surface area contributed by atoms with Gasteiger partial charge in [-0.15, -0.1) is 0 Å². The van der Waals surface area contributed by atoms with Crippen LogP contribution in [-0.2, 0) is 20.0 Å². The van der Waals surface area contributed by atoms with Crippen LogP contribution in [0.5, 0.6) is 0 Å². The molecule has 6 nitrogen and oxygen atoms in total. The van der Waals surface area contributed by atoms with Gasteiger partial charge < -0.3 is 0 Å². The Morgan fingerprint density at radius 1 is 1.00 bits per heavy atom. The van der Waals surface area contributed by atoms with Crippen molar-refractivity contribution in [3.8, 4) is 0 Å². The summed E-state index contributed by atoms with van der Waals surface area (Å²) in [4.78, 5) is 0.128. The molecule has 0 saturated carbocycles. The number of anilines is 1.